The van der Waals surface area contributed by atoms with E-state index < -0.39 is 0 Å². The molecule has 0 aliphatic carbocycles. The van der Waals surface area contributed by atoms with Gasteiger partial charge in [0, 0.05) is 94.7 Å². The van der Waals surface area contributed by atoms with E-state index in [0.717, 1.165) is 108 Å². The Hall–Kier alpha value is -3.34. The van der Waals surface area contributed by atoms with Gasteiger partial charge in [-0.25, -0.2) is 0 Å². The molecule has 0 amide bonds. The summed E-state index contributed by atoms with van der Waals surface area (Å²) in [5.41, 5.74) is 0.0134. The van der Waals surface area contributed by atoms with Gasteiger partial charge in [-0.15, -0.1) is 0 Å². The molecule has 2 aromatic rings. The molecule has 4 atom stereocenters. The lowest BCUT2D eigenvalue weighted by atomic mass is 9.68. The first-order valence-electron chi connectivity index (χ1n) is 32.6. The molecule has 0 radical (unpaired) electrons. The first kappa shape index (κ1) is 66.8. The summed E-state index contributed by atoms with van der Waals surface area (Å²) in [7, 11) is 9.23. The number of aromatic nitrogens is 6. The Bertz CT molecular complexity index is 2130. The van der Waals surface area contributed by atoms with Crippen LogP contribution in [0.5, 0.6) is 0 Å². The first-order valence-corrected chi connectivity index (χ1v) is 32.6. The molecule has 16 nitrogen and oxygen atoms in total. The average Bonchev–Trinajstić information content (AvgIpc) is 3.41. The molecule has 464 valence electrons. The van der Waals surface area contributed by atoms with Gasteiger partial charge in [0.05, 0.1) is 0 Å². The normalized spacial score (nSPS) is 26.5. The predicted molar refractivity (Wildman–Crippen MR) is 346 cm³/mol. The summed E-state index contributed by atoms with van der Waals surface area (Å²) in [4.78, 5) is 47.6. The molecule has 4 saturated heterocycles. The van der Waals surface area contributed by atoms with Gasteiger partial charge in [0.1, 0.15) is 0 Å². The number of unbranched alkanes of at least 4 members (excludes halogenated alkanes) is 4. The second kappa shape index (κ2) is 26.1. The number of hydrogen-bond acceptors (Lipinski definition) is 16. The van der Waals surface area contributed by atoms with Gasteiger partial charge in [-0.3, -0.25) is 19.6 Å². The summed E-state index contributed by atoms with van der Waals surface area (Å²) in [6.45, 7) is 50.9. The predicted octanol–water partition coefficient (Wildman–Crippen LogP) is 13.4. The fourth-order valence-electron chi connectivity index (χ4n) is 15.7. The number of anilines is 6. The van der Waals surface area contributed by atoms with Crippen molar-refractivity contribution in [2.24, 2.45) is 11.8 Å². The maximum atomic E-state index is 5.59. The first-order chi connectivity index (χ1) is 37.6. The molecule has 6 heterocycles. The SMILES string of the molecule is CCCCC1C(Nc2nc(NCCCNc3nc(N(CCCC)C4CC(C)(C)N(C)C(C)(C)C4)nc(N(CCCC)C4CC(C)(C)N(C)C(C)(C)C4)n3)nc(NC3CC(C)(C)N(C)C(C)(C)C3CCCC)n2)CC(C)(C)N(C)C1(C)C. The van der Waals surface area contributed by atoms with Crippen molar-refractivity contribution in [1.82, 2.24) is 49.5 Å². The quantitative estimate of drug-likeness (QED) is 0.0663. The number of hydrogen-bond donors (Lipinski definition) is 4. The van der Waals surface area contributed by atoms with Gasteiger partial charge in [-0.2, -0.15) is 29.9 Å². The minimum Gasteiger partial charge on any atom is -0.354 e. The van der Waals surface area contributed by atoms with E-state index >= 15 is 0 Å². The van der Waals surface area contributed by atoms with Crippen molar-refractivity contribution in [3.05, 3.63) is 0 Å². The van der Waals surface area contributed by atoms with E-state index in [2.05, 4.69) is 217 Å². The van der Waals surface area contributed by atoms with Gasteiger partial charge >= 0.3 is 0 Å². The highest BCUT2D eigenvalue weighted by Gasteiger charge is 2.52. The molecule has 2 aromatic heterocycles. The van der Waals surface area contributed by atoms with Gasteiger partial charge in [0.2, 0.25) is 35.7 Å². The summed E-state index contributed by atoms with van der Waals surface area (Å²) in [5, 5.41) is 15.5. The van der Waals surface area contributed by atoms with Crippen LogP contribution in [0.15, 0.2) is 0 Å². The minimum absolute atomic E-state index is 0.00697. The summed E-state index contributed by atoms with van der Waals surface area (Å²) in [6.07, 6.45) is 18.3. The Morgan fingerprint density at radius 2 is 0.691 bits per heavy atom. The van der Waals surface area contributed by atoms with Crippen molar-refractivity contribution in [3.63, 3.8) is 0 Å². The lowest BCUT2D eigenvalue weighted by molar-refractivity contribution is -0.0543. The highest BCUT2D eigenvalue weighted by molar-refractivity contribution is 5.48. The molecule has 0 saturated carbocycles. The number of nitrogens with one attached hydrogen (secondary N) is 4. The molecule has 0 spiro atoms. The van der Waals surface area contributed by atoms with Crippen LogP contribution in [-0.2, 0) is 0 Å². The highest BCUT2D eigenvalue weighted by Crippen LogP contribution is 2.47. The standard InChI is InChI=1S/C65H124N16/c1-25-29-34-48-50(44-62(13,14)78(23)64(48,17)18)68-54-70-52(71-55(72-54)69-51-45-63(15,16)79(24)65(19,20)49(51)35-30-26-2)66-36-33-37-67-53-73-56(80(38-31-27-3)46-40-58(5,6)76(21)59(7,8)41-46)75-57(74-53)81(39-32-28-4)47-42-60(9,10)77(22)61(11,12)43-47/h46-51H,25-45H2,1-24H3,(H,67,73,74,75)(H3,66,68,69,70,71,72). The Morgan fingerprint density at radius 1 is 0.383 bits per heavy atom. The summed E-state index contributed by atoms with van der Waals surface area (Å²) < 4.78 is 0. The largest absolute Gasteiger partial charge is 0.354 e. The van der Waals surface area contributed by atoms with Gasteiger partial charge in [-0.05, 0) is 221 Å². The van der Waals surface area contributed by atoms with Crippen LogP contribution in [0.4, 0.5) is 35.7 Å². The van der Waals surface area contributed by atoms with Crippen molar-refractivity contribution in [2.75, 3.05) is 85.4 Å². The second-order valence-corrected chi connectivity index (χ2v) is 30.8. The molecule has 6 rings (SSSR count). The van der Waals surface area contributed by atoms with E-state index in [1.807, 2.05) is 0 Å². The van der Waals surface area contributed by atoms with Crippen molar-refractivity contribution in [2.45, 2.75) is 316 Å². The summed E-state index contributed by atoms with van der Waals surface area (Å²) in [6, 6.07) is 0.969. The lowest BCUT2D eigenvalue weighted by Gasteiger charge is -2.58. The Kier molecular flexibility index (Phi) is 21.5. The highest BCUT2D eigenvalue weighted by atomic mass is 15.4. The number of rotatable bonds is 26. The van der Waals surface area contributed by atoms with Crippen LogP contribution in [0.25, 0.3) is 0 Å². The molecule has 0 aromatic carbocycles. The van der Waals surface area contributed by atoms with Crippen LogP contribution < -0.4 is 31.1 Å². The van der Waals surface area contributed by atoms with Gasteiger partial charge in [-0.1, -0.05) is 66.2 Å². The summed E-state index contributed by atoms with van der Waals surface area (Å²) >= 11 is 0. The third-order valence-electron chi connectivity index (χ3n) is 21.8. The molecule has 4 aliphatic rings. The van der Waals surface area contributed by atoms with Gasteiger partial charge in [0.25, 0.3) is 0 Å². The average molecular weight is 1130 g/mol. The zero-order valence-corrected chi connectivity index (χ0v) is 56.7. The third-order valence-corrected chi connectivity index (χ3v) is 21.8. The topological polar surface area (TPSA) is 145 Å². The second-order valence-electron chi connectivity index (χ2n) is 30.8. The van der Waals surface area contributed by atoms with E-state index in [1.54, 1.807) is 0 Å². The molecule has 81 heavy (non-hydrogen) atoms. The third kappa shape index (κ3) is 15.4. The molecule has 4 N–H and O–H groups in total. The van der Waals surface area contributed by atoms with Gasteiger partial charge in [0.15, 0.2) is 0 Å². The molecule has 16 heteroatoms. The number of nitrogens with zero attached hydrogens (tertiary/aromatic N) is 12. The van der Waals surface area contributed by atoms with Gasteiger partial charge < -0.3 is 31.1 Å². The molecular formula is C65H124N16. The van der Waals surface area contributed by atoms with E-state index in [9.17, 15) is 0 Å². The molecule has 0 bridgehead atoms. The van der Waals surface area contributed by atoms with Crippen LogP contribution >= 0.6 is 0 Å². The Labute approximate surface area is 496 Å². The monoisotopic (exact) mass is 1130 g/mol. The van der Waals surface area contributed by atoms with Crippen LogP contribution in [0, 0.1) is 11.8 Å². The zero-order chi connectivity index (χ0) is 60.3. The van der Waals surface area contributed by atoms with Crippen molar-refractivity contribution in [3.8, 4) is 0 Å². The molecule has 4 aliphatic heterocycles. The fraction of sp³-hybridized carbons (Fsp3) is 0.908. The van der Waals surface area contributed by atoms with Crippen LogP contribution in [0.2, 0.25) is 0 Å². The van der Waals surface area contributed by atoms with E-state index in [-0.39, 0.29) is 68.5 Å². The minimum atomic E-state index is -0.0162. The maximum Gasteiger partial charge on any atom is 0.232 e. The molecular weight excluding hydrogens is 1000 g/mol. The van der Waals surface area contributed by atoms with Crippen LogP contribution in [-0.4, -0.2) is 172 Å². The molecule has 4 fully saturated rings. The van der Waals surface area contributed by atoms with Crippen LogP contribution in [0.3, 0.4) is 0 Å². The molecule has 4 unspecified atom stereocenters. The van der Waals surface area contributed by atoms with E-state index in [1.165, 1.54) is 25.7 Å². The van der Waals surface area contributed by atoms with E-state index in [0.29, 0.717) is 48.7 Å². The fourth-order valence-corrected chi connectivity index (χ4v) is 15.7. The smallest absolute Gasteiger partial charge is 0.232 e. The Balaban J connectivity index is 1.34. The van der Waals surface area contributed by atoms with Crippen molar-refractivity contribution in [1.29, 1.82) is 0 Å². The summed E-state index contributed by atoms with van der Waals surface area (Å²) in [5.74, 6) is 4.97. The van der Waals surface area contributed by atoms with Crippen molar-refractivity contribution >= 4 is 35.7 Å². The Morgan fingerprint density at radius 3 is 1.02 bits per heavy atom. The number of piperidine rings is 4. The van der Waals surface area contributed by atoms with E-state index in [4.69, 9.17) is 29.9 Å². The van der Waals surface area contributed by atoms with Crippen LogP contribution in [0.1, 0.15) is 248 Å². The maximum absolute atomic E-state index is 5.59. The number of likely N-dealkylation sites (tertiary alicyclic amines) is 4. The zero-order valence-electron chi connectivity index (χ0n) is 56.7. The lowest BCUT2D eigenvalue weighted by Crippen LogP contribution is -2.66. The van der Waals surface area contributed by atoms with Crippen molar-refractivity contribution < 1.29 is 0 Å².